The predicted octanol–water partition coefficient (Wildman–Crippen LogP) is 2.45. The van der Waals surface area contributed by atoms with Crippen LogP contribution in [0.2, 0.25) is 0 Å². The van der Waals surface area contributed by atoms with E-state index in [-0.39, 0.29) is 11.7 Å². The molecule has 3 rings (SSSR count). The van der Waals surface area contributed by atoms with E-state index in [1.54, 1.807) is 14.2 Å². The summed E-state index contributed by atoms with van der Waals surface area (Å²) in [5, 5.41) is 2.82. The molecule has 0 aliphatic carbocycles. The van der Waals surface area contributed by atoms with Crippen LogP contribution in [0, 0.1) is 6.92 Å². The highest BCUT2D eigenvalue weighted by atomic mass is 32.2. The summed E-state index contributed by atoms with van der Waals surface area (Å²) in [6.07, 6.45) is 1.29. The number of rotatable bonds is 9. The summed E-state index contributed by atoms with van der Waals surface area (Å²) in [7, 11) is -0.263. The second-order valence-electron chi connectivity index (χ2n) is 7.74. The van der Waals surface area contributed by atoms with Gasteiger partial charge in [0.25, 0.3) is 0 Å². The Morgan fingerprint density at radius 3 is 2.48 bits per heavy atom. The molecule has 0 saturated heterocycles. The summed E-state index contributed by atoms with van der Waals surface area (Å²) in [4.78, 5) is 12.1. The standard InChI is InChI=1S/C23H30N2O5S/c1-17-6-4-7-18(12-17)13-23(26)24-9-5-11-31(27,28)25-10-8-19-14-21(29-2)22(30-3)15-20(19)16-25/h4,6-7,12,14-15H,5,8-11,13,16H2,1-3H3,(H,24,26). The highest BCUT2D eigenvalue weighted by Gasteiger charge is 2.27. The van der Waals surface area contributed by atoms with Crippen LogP contribution in [0.5, 0.6) is 11.5 Å². The fourth-order valence-electron chi connectivity index (χ4n) is 3.78. The van der Waals surface area contributed by atoms with Crippen molar-refractivity contribution in [2.24, 2.45) is 0 Å². The van der Waals surface area contributed by atoms with Crippen LogP contribution in [0.1, 0.15) is 28.7 Å². The van der Waals surface area contributed by atoms with Crippen molar-refractivity contribution in [3.05, 3.63) is 58.7 Å². The van der Waals surface area contributed by atoms with Crippen molar-refractivity contribution in [2.75, 3.05) is 33.1 Å². The first kappa shape index (κ1) is 23.1. The zero-order valence-electron chi connectivity index (χ0n) is 18.3. The Hall–Kier alpha value is -2.58. The van der Waals surface area contributed by atoms with Crippen LogP contribution in [-0.4, -0.2) is 51.7 Å². The van der Waals surface area contributed by atoms with Crippen molar-refractivity contribution in [3.8, 4) is 11.5 Å². The summed E-state index contributed by atoms with van der Waals surface area (Å²) in [5.41, 5.74) is 4.06. The Kier molecular flexibility index (Phi) is 7.56. The first-order chi connectivity index (χ1) is 14.8. The van der Waals surface area contributed by atoms with Gasteiger partial charge < -0.3 is 14.8 Å². The van der Waals surface area contributed by atoms with Crippen LogP contribution in [0.3, 0.4) is 0 Å². The highest BCUT2D eigenvalue weighted by Crippen LogP contribution is 2.33. The van der Waals surface area contributed by atoms with Gasteiger partial charge in [-0.3, -0.25) is 4.79 Å². The number of sulfonamides is 1. The topological polar surface area (TPSA) is 84.9 Å². The van der Waals surface area contributed by atoms with Gasteiger partial charge in [-0.1, -0.05) is 29.8 Å². The molecule has 1 heterocycles. The van der Waals surface area contributed by atoms with Crippen molar-refractivity contribution >= 4 is 15.9 Å². The number of hydrogen-bond acceptors (Lipinski definition) is 5. The Labute approximate surface area is 184 Å². The van der Waals surface area contributed by atoms with Crippen molar-refractivity contribution < 1.29 is 22.7 Å². The SMILES string of the molecule is COc1cc2c(cc1OC)CN(S(=O)(=O)CCCNC(=O)Cc1cccc(C)c1)CC2. The molecule has 0 radical (unpaired) electrons. The van der Waals surface area contributed by atoms with E-state index in [0.29, 0.717) is 50.4 Å². The van der Waals surface area contributed by atoms with E-state index in [1.807, 2.05) is 43.3 Å². The molecule has 31 heavy (non-hydrogen) atoms. The Morgan fingerprint density at radius 2 is 1.81 bits per heavy atom. The minimum Gasteiger partial charge on any atom is -0.493 e. The van der Waals surface area contributed by atoms with Gasteiger partial charge in [-0.05, 0) is 48.6 Å². The summed E-state index contributed by atoms with van der Waals surface area (Å²) in [5.74, 6) is 1.15. The van der Waals surface area contributed by atoms with Crippen molar-refractivity contribution in [1.29, 1.82) is 0 Å². The van der Waals surface area contributed by atoms with Crippen LogP contribution >= 0.6 is 0 Å². The number of nitrogens with one attached hydrogen (secondary N) is 1. The molecule has 2 aromatic rings. The molecule has 0 unspecified atom stereocenters. The summed E-state index contributed by atoms with van der Waals surface area (Å²) in [6.45, 7) is 3.07. The second-order valence-corrected chi connectivity index (χ2v) is 9.83. The molecule has 8 heteroatoms. The molecule has 1 aliphatic rings. The third-order valence-corrected chi connectivity index (χ3v) is 7.33. The Bertz CT molecular complexity index is 1040. The minimum atomic E-state index is -3.41. The molecule has 1 amide bonds. The number of nitrogens with zero attached hydrogens (tertiary/aromatic N) is 1. The molecule has 0 atom stereocenters. The number of carbonyl (C=O) groups excluding carboxylic acids is 1. The molecule has 0 saturated carbocycles. The number of methoxy groups -OCH3 is 2. The van der Waals surface area contributed by atoms with E-state index in [4.69, 9.17) is 9.47 Å². The van der Waals surface area contributed by atoms with Crippen LogP contribution in [0.15, 0.2) is 36.4 Å². The molecule has 0 fully saturated rings. The number of hydrogen-bond donors (Lipinski definition) is 1. The maximum atomic E-state index is 12.8. The maximum Gasteiger partial charge on any atom is 0.224 e. The van der Waals surface area contributed by atoms with Crippen molar-refractivity contribution in [2.45, 2.75) is 32.7 Å². The zero-order chi connectivity index (χ0) is 22.4. The van der Waals surface area contributed by atoms with Crippen molar-refractivity contribution in [3.63, 3.8) is 0 Å². The van der Waals surface area contributed by atoms with Gasteiger partial charge in [0, 0.05) is 19.6 Å². The number of amides is 1. The Morgan fingerprint density at radius 1 is 1.10 bits per heavy atom. The normalized spacial score (nSPS) is 14.0. The van der Waals surface area contributed by atoms with E-state index in [2.05, 4.69) is 5.32 Å². The lowest BCUT2D eigenvalue weighted by Crippen LogP contribution is -2.38. The quantitative estimate of drug-likeness (QED) is 0.598. The van der Waals surface area contributed by atoms with Gasteiger partial charge in [-0.25, -0.2) is 8.42 Å². The van der Waals surface area contributed by atoms with Crippen molar-refractivity contribution in [1.82, 2.24) is 9.62 Å². The number of fused-ring (bicyclic) bond motifs is 1. The molecule has 2 aromatic carbocycles. The van der Waals surface area contributed by atoms with Gasteiger partial charge in [0.1, 0.15) is 0 Å². The second kappa shape index (κ2) is 10.2. The molecule has 7 nitrogen and oxygen atoms in total. The molecule has 168 valence electrons. The largest absolute Gasteiger partial charge is 0.493 e. The molecule has 0 spiro atoms. The number of ether oxygens (including phenoxy) is 2. The minimum absolute atomic E-state index is 0.000345. The molecule has 1 aliphatic heterocycles. The third-order valence-electron chi connectivity index (χ3n) is 5.42. The first-order valence-corrected chi connectivity index (χ1v) is 12.0. The average molecular weight is 447 g/mol. The van der Waals surface area contributed by atoms with E-state index in [1.165, 1.54) is 4.31 Å². The lowest BCUT2D eigenvalue weighted by molar-refractivity contribution is -0.120. The van der Waals surface area contributed by atoms with Gasteiger partial charge in [-0.15, -0.1) is 0 Å². The molecule has 0 bridgehead atoms. The number of benzene rings is 2. The molecular weight excluding hydrogens is 416 g/mol. The summed E-state index contributed by atoms with van der Waals surface area (Å²) < 4.78 is 37.8. The third kappa shape index (κ3) is 5.98. The first-order valence-electron chi connectivity index (χ1n) is 10.4. The van der Waals surface area contributed by atoms with E-state index < -0.39 is 10.0 Å². The summed E-state index contributed by atoms with van der Waals surface area (Å²) >= 11 is 0. The fourth-order valence-corrected chi connectivity index (χ4v) is 5.25. The van der Waals surface area contributed by atoms with E-state index in [9.17, 15) is 13.2 Å². The van der Waals surface area contributed by atoms with Crippen LogP contribution < -0.4 is 14.8 Å². The van der Waals surface area contributed by atoms with Gasteiger partial charge >= 0.3 is 0 Å². The van der Waals surface area contributed by atoms with E-state index in [0.717, 1.165) is 22.3 Å². The summed E-state index contributed by atoms with van der Waals surface area (Å²) in [6, 6.07) is 11.6. The van der Waals surface area contributed by atoms with Gasteiger partial charge in [0.15, 0.2) is 11.5 Å². The van der Waals surface area contributed by atoms with E-state index >= 15 is 0 Å². The number of aryl methyl sites for hydroxylation is 1. The lowest BCUT2D eigenvalue weighted by Gasteiger charge is -2.29. The average Bonchev–Trinajstić information content (AvgIpc) is 2.75. The zero-order valence-corrected chi connectivity index (χ0v) is 19.1. The van der Waals surface area contributed by atoms with Gasteiger partial charge in [0.2, 0.25) is 15.9 Å². The van der Waals surface area contributed by atoms with Gasteiger partial charge in [0.05, 0.1) is 26.4 Å². The Balaban J connectivity index is 1.50. The van der Waals surface area contributed by atoms with Crippen LogP contribution in [0.4, 0.5) is 0 Å². The van der Waals surface area contributed by atoms with Crippen LogP contribution in [-0.2, 0) is 34.2 Å². The smallest absolute Gasteiger partial charge is 0.224 e. The molecule has 1 N–H and O–H groups in total. The van der Waals surface area contributed by atoms with Crippen LogP contribution in [0.25, 0.3) is 0 Å². The predicted molar refractivity (Wildman–Crippen MR) is 120 cm³/mol. The highest BCUT2D eigenvalue weighted by molar-refractivity contribution is 7.89. The maximum absolute atomic E-state index is 12.8. The lowest BCUT2D eigenvalue weighted by atomic mass is 10.0. The fraction of sp³-hybridized carbons (Fsp3) is 0.435. The molecule has 0 aromatic heterocycles. The molecular formula is C23H30N2O5S. The van der Waals surface area contributed by atoms with Gasteiger partial charge in [-0.2, -0.15) is 4.31 Å². The number of carbonyl (C=O) groups is 1. The monoisotopic (exact) mass is 446 g/mol.